The van der Waals surface area contributed by atoms with Crippen LogP contribution in [0.15, 0.2) is 36.4 Å². The highest BCUT2D eigenvalue weighted by molar-refractivity contribution is 7.81. The van der Waals surface area contributed by atoms with Crippen molar-refractivity contribution in [3.8, 4) is 10.4 Å². The minimum atomic E-state index is -2.28. The summed E-state index contributed by atoms with van der Waals surface area (Å²) in [6, 6.07) is 12.1. The van der Waals surface area contributed by atoms with E-state index in [9.17, 15) is 8.76 Å². The minimum Gasteiger partial charge on any atom is -0.755 e. The molecule has 0 bridgehead atoms. The first-order chi connectivity index (χ1) is 9.29. The Morgan fingerprint density at radius 1 is 1.10 bits per heavy atom. The van der Waals surface area contributed by atoms with E-state index in [1.54, 1.807) is 0 Å². The Bertz CT molecular complexity index is 612. The van der Waals surface area contributed by atoms with Crippen molar-refractivity contribution in [2.45, 2.75) is 33.2 Å². The highest BCUT2D eigenvalue weighted by Crippen LogP contribution is 2.37. The van der Waals surface area contributed by atoms with Crippen LogP contribution in [0.5, 0.6) is 0 Å². The third kappa shape index (κ3) is 3.29. The molecule has 5 heteroatoms. The van der Waals surface area contributed by atoms with Gasteiger partial charge in [0.25, 0.3) is 0 Å². The van der Waals surface area contributed by atoms with E-state index in [1.807, 2.05) is 39.8 Å². The van der Waals surface area contributed by atoms with Crippen LogP contribution < -0.4 is 4.31 Å². The maximum absolute atomic E-state index is 11.5. The molecule has 0 fully saturated rings. The molecule has 0 saturated carbocycles. The number of aryl methyl sites for hydroxylation is 1. The monoisotopic (exact) mass is 308 g/mol. The van der Waals surface area contributed by atoms with Crippen LogP contribution in [0.3, 0.4) is 0 Å². The van der Waals surface area contributed by atoms with E-state index >= 15 is 0 Å². The number of hydrogen-bond donors (Lipinski definition) is 0. The van der Waals surface area contributed by atoms with Crippen molar-refractivity contribution in [2.24, 2.45) is 0 Å². The summed E-state index contributed by atoms with van der Waals surface area (Å²) in [5, 5.41) is 0.737. The Hall–Kier alpha value is -1.17. The van der Waals surface area contributed by atoms with Crippen LogP contribution in [0.4, 0.5) is 5.00 Å². The van der Waals surface area contributed by atoms with Crippen LogP contribution in [0.2, 0.25) is 0 Å². The summed E-state index contributed by atoms with van der Waals surface area (Å²) in [5.41, 5.74) is 1.85. The average Bonchev–Trinajstić information content (AvgIpc) is 2.76. The lowest BCUT2D eigenvalue weighted by Crippen LogP contribution is -2.42. The second kappa shape index (κ2) is 5.68. The van der Waals surface area contributed by atoms with Crippen LogP contribution in [0, 0.1) is 6.92 Å². The standard InChI is InChI=1S/C15H19NO2S2/c1-11-5-7-12(8-6-11)13-9-10-14(19-13)16(20(17)18)15(2,3)4/h5-10H,1-4H3,(H,17,18)/p-1. The van der Waals surface area contributed by atoms with Gasteiger partial charge in [-0.2, -0.15) is 0 Å². The van der Waals surface area contributed by atoms with Crippen LogP contribution in [0.25, 0.3) is 10.4 Å². The molecular formula is C15H18NO2S2-. The summed E-state index contributed by atoms with van der Waals surface area (Å²) in [6.45, 7) is 7.70. The second-order valence-electron chi connectivity index (χ2n) is 5.69. The Morgan fingerprint density at radius 3 is 2.20 bits per heavy atom. The van der Waals surface area contributed by atoms with E-state index in [4.69, 9.17) is 0 Å². The van der Waals surface area contributed by atoms with Crippen LogP contribution >= 0.6 is 11.3 Å². The highest BCUT2D eigenvalue weighted by atomic mass is 32.2. The number of benzene rings is 1. The largest absolute Gasteiger partial charge is 0.755 e. The smallest absolute Gasteiger partial charge is 0.103 e. The minimum absolute atomic E-state index is 0.470. The molecule has 1 atom stereocenters. The van der Waals surface area contributed by atoms with Crippen LogP contribution in [-0.2, 0) is 11.3 Å². The van der Waals surface area contributed by atoms with Gasteiger partial charge >= 0.3 is 0 Å². The van der Waals surface area contributed by atoms with Crippen molar-refractivity contribution >= 4 is 27.6 Å². The molecule has 0 aliphatic heterocycles. The lowest BCUT2D eigenvalue weighted by atomic mass is 10.1. The molecule has 1 unspecified atom stereocenters. The van der Waals surface area contributed by atoms with E-state index in [0.717, 1.165) is 15.4 Å². The fourth-order valence-corrected chi connectivity index (χ4v) is 4.00. The molecule has 108 valence electrons. The molecule has 0 saturated heterocycles. The predicted molar refractivity (Wildman–Crippen MR) is 85.6 cm³/mol. The quantitative estimate of drug-likeness (QED) is 0.800. The Morgan fingerprint density at radius 2 is 1.70 bits per heavy atom. The summed E-state index contributed by atoms with van der Waals surface area (Å²) in [7, 11) is 0. The molecule has 1 aromatic carbocycles. The molecule has 2 aromatic rings. The molecule has 0 aliphatic carbocycles. The molecule has 0 spiro atoms. The zero-order valence-corrected chi connectivity index (χ0v) is 13.7. The maximum atomic E-state index is 11.5. The van der Waals surface area contributed by atoms with Crippen LogP contribution in [-0.4, -0.2) is 14.3 Å². The number of nitrogens with zero attached hydrogens (tertiary/aromatic N) is 1. The van der Waals surface area contributed by atoms with Gasteiger partial charge in [-0.15, -0.1) is 11.3 Å². The average molecular weight is 308 g/mol. The van der Waals surface area contributed by atoms with Crippen molar-refractivity contribution < 1.29 is 8.76 Å². The maximum Gasteiger partial charge on any atom is 0.103 e. The normalized spacial score (nSPS) is 13.2. The summed E-state index contributed by atoms with van der Waals surface area (Å²) in [5.74, 6) is 0. The van der Waals surface area contributed by atoms with E-state index in [0.29, 0.717) is 0 Å². The van der Waals surface area contributed by atoms with Gasteiger partial charge in [0.05, 0.1) is 0 Å². The summed E-state index contributed by atoms with van der Waals surface area (Å²) >= 11 is -0.789. The molecule has 20 heavy (non-hydrogen) atoms. The fourth-order valence-electron chi connectivity index (χ4n) is 1.94. The van der Waals surface area contributed by atoms with Gasteiger partial charge in [0.1, 0.15) is 5.00 Å². The SMILES string of the molecule is Cc1ccc(-c2ccc(N(S(=O)[O-])C(C)(C)C)s2)cc1. The Kier molecular flexibility index (Phi) is 4.32. The first kappa shape index (κ1) is 15.2. The number of anilines is 1. The van der Waals surface area contributed by atoms with Gasteiger partial charge in [-0.1, -0.05) is 29.8 Å². The molecule has 0 amide bonds. The molecule has 0 radical (unpaired) electrons. The van der Waals surface area contributed by atoms with Gasteiger partial charge in [0.15, 0.2) is 0 Å². The summed E-state index contributed by atoms with van der Waals surface area (Å²) < 4.78 is 24.4. The second-order valence-corrected chi connectivity index (χ2v) is 7.55. The zero-order valence-electron chi connectivity index (χ0n) is 12.0. The van der Waals surface area contributed by atoms with Gasteiger partial charge in [0, 0.05) is 21.7 Å². The lowest BCUT2D eigenvalue weighted by Gasteiger charge is -2.37. The molecule has 1 aromatic heterocycles. The molecular weight excluding hydrogens is 290 g/mol. The Labute approximate surface area is 126 Å². The topological polar surface area (TPSA) is 43.4 Å². The third-order valence-electron chi connectivity index (χ3n) is 2.89. The molecule has 1 heterocycles. The van der Waals surface area contributed by atoms with Crippen molar-refractivity contribution in [1.82, 2.24) is 0 Å². The molecule has 0 aliphatic rings. The fraction of sp³-hybridized carbons (Fsp3) is 0.333. The highest BCUT2D eigenvalue weighted by Gasteiger charge is 2.24. The Balaban J connectivity index is 2.37. The first-order valence-electron chi connectivity index (χ1n) is 6.35. The van der Waals surface area contributed by atoms with Crippen molar-refractivity contribution in [3.63, 3.8) is 0 Å². The number of rotatable bonds is 3. The first-order valence-corrected chi connectivity index (χ1v) is 8.20. The van der Waals surface area contributed by atoms with Gasteiger partial charge in [-0.3, -0.25) is 8.51 Å². The predicted octanol–water partition coefficient (Wildman–Crippen LogP) is 4.12. The third-order valence-corrected chi connectivity index (χ3v) is 5.16. The van der Waals surface area contributed by atoms with Gasteiger partial charge < -0.3 is 4.55 Å². The summed E-state index contributed by atoms with van der Waals surface area (Å²) in [6.07, 6.45) is 0. The van der Waals surface area contributed by atoms with Gasteiger partial charge in [0.2, 0.25) is 0 Å². The van der Waals surface area contributed by atoms with E-state index in [2.05, 4.69) is 24.3 Å². The number of hydrogen-bond acceptors (Lipinski definition) is 3. The van der Waals surface area contributed by atoms with Crippen molar-refractivity contribution in [3.05, 3.63) is 42.0 Å². The number of thiophene rings is 1. The van der Waals surface area contributed by atoms with Gasteiger partial charge in [-0.25, -0.2) is 0 Å². The van der Waals surface area contributed by atoms with E-state index in [1.165, 1.54) is 21.2 Å². The molecule has 0 N–H and O–H groups in total. The van der Waals surface area contributed by atoms with E-state index in [-0.39, 0.29) is 0 Å². The van der Waals surface area contributed by atoms with Gasteiger partial charge in [-0.05, 0) is 45.4 Å². The molecule has 2 rings (SSSR count). The van der Waals surface area contributed by atoms with Crippen molar-refractivity contribution in [2.75, 3.05) is 4.31 Å². The molecule has 3 nitrogen and oxygen atoms in total. The zero-order chi connectivity index (χ0) is 14.9. The van der Waals surface area contributed by atoms with Crippen molar-refractivity contribution in [1.29, 1.82) is 0 Å². The van der Waals surface area contributed by atoms with E-state index < -0.39 is 16.8 Å². The lowest BCUT2D eigenvalue weighted by molar-refractivity contribution is 0.499. The summed E-state index contributed by atoms with van der Waals surface area (Å²) in [4.78, 5) is 1.07. The van der Waals surface area contributed by atoms with Crippen LogP contribution in [0.1, 0.15) is 26.3 Å².